The van der Waals surface area contributed by atoms with Crippen LogP contribution >= 0.6 is 11.8 Å². The van der Waals surface area contributed by atoms with Gasteiger partial charge in [0, 0.05) is 11.6 Å². The van der Waals surface area contributed by atoms with Gasteiger partial charge in [-0.1, -0.05) is 19.1 Å². The maximum atomic E-state index is 12.3. The first kappa shape index (κ1) is 15.4. The fourth-order valence-corrected chi connectivity index (χ4v) is 2.93. The number of para-hydroxylation sites is 1. The Morgan fingerprint density at radius 2 is 2.14 bits per heavy atom. The van der Waals surface area contributed by atoms with Gasteiger partial charge in [-0.25, -0.2) is 0 Å². The number of phenolic OH excluding ortho intramolecular Hbond substituents is 1. The van der Waals surface area contributed by atoms with Gasteiger partial charge in [0.1, 0.15) is 0 Å². The van der Waals surface area contributed by atoms with Gasteiger partial charge in [-0.15, -0.1) is 0 Å². The largest absolute Gasteiger partial charge is 0.504 e. The summed E-state index contributed by atoms with van der Waals surface area (Å²) in [5, 5.41) is 9.76. The number of hydrogen-bond donors (Lipinski definition) is 1. The van der Waals surface area contributed by atoms with Crippen molar-refractivity contribution in [2.75, 3.05) is 7.11 Å². The maximum absolute atomic E-state index is 12.3. The molecule has 2 rings (SSSR count). The molecular weight excluding hydrogens is 290 g/mol. The molecular formula is C15H17NO4S. The Bertz CT molecular complexity index is 612. The van der Waals surface area contributed by atoms with Crippen molar-refractivity contribution in [3.8, 4) is 11.5 Å². The van der Waals surface area contributed by atoms with E-state index >= 15 is 0 Å². The molecule has 1 N–H and O–H groups in total. The summed E-state index contributed by atoms with van der Waals surface area (Å²) in [5.41, 5.74) is 0.448. The van der Waals surface area contributed by atoms with E-state index in [0.29, 0.717) is 22.6 Å². The van der Waals surface area contributed by atoms with Crippen molar-refractivity contribution in [2.45, 2.75) is 26.3 Å². The van der Waals surface area contributed by atoms with Crippen molar-refractivity contribution in [3.63, 3.8) is 0 Å². The molecule has 1 aromatic rings. The number of carbonyl (C=O) groups is 2. The zero-order valence-electron chi connectivity index (χ0n) is 12.1. The third-order valence-corrected chi connectivity index (χ3v) is 4.28. The van der Waals surface area contributed by atoms with Gasteiger partial charge in [0.2, 0.25) is 0 Å². The van der Waals surface area contributed by atoms with E-state index in [4.69, 9.17) is 4.74 Å². The number of amides is 2. The lowest BCUT2D eigenvalue weighted by molar-refractivity contribution is -0.124. The summed E-state index contributed by atoms with van der Waals surface area (Å²) >= 11 is 0.889. The Morgan fingerprint density at radius 3 is 2.76 bits per heavy atom. The summed E-state index contributed by atoms with van der Waals surface area (Å²) < 4.78 is 5.03. The van der Waals surface area contributed by atoms with Crippen LogP contribution in [0.5, 0.6) is 11.5 Å². The van der Waals surface area contributed by atoms with Gasteiger partial charge < -0.3 is 9.84 Å². The molecule has 1 saturated heterocycles. The Kier molecular flexibility index (Phi) is 4.57. The van der Waals surface area contributed by atoms with Crippen molar-refractivity contribution in [2.24, 2.45) is 0 Å². The number of aromatic hydroxyl groups is 1. The van der Waals surface area contributed by atoms with Crippen LogP contribution in [0.1, 0.15) is 25.8 Å². The average Bonchev–Trinajstić information content (AvgIpc) is 2.75. The van der Waals surface area contributed by atoms with Crippen LogP contribution in [0.25, 0.3) is 6.08 Å². The summed E-state index contributed by atoms with van der Waals surface area (Å²) in [7, 11) is 1.45. The first-order chi connectivity index (χ1) is 9.99. The van der Waals surface area contributed by atoms with Crippen LogP contribution in [0.2, 0.25) is 0 Å². The molecule has 1 aromatic carbocycles. The first-order valence-corrected chi connectivity index (χ1v) is 7.44. The highest BCUT2D eigenvalue weighted by atomic mass is 32.2. The molecule has 0 spiro atoms. The van der Waals surface area contributed by atoms with Crippen LogP contribution in [0.3, 0.4) is 0 Å². The number of benzene rings is 1. The topological polar surface area (TPSA) is 66.8 Å². The molecule has 0 bridgehead atoms. The second kappa shape index (κ2) is 6.22. The van der Waals surface area contributed by atoms with Crippen molar-refractivity contribution < 1.29 is 19.4 Å². The first-order valence-electron chi connectivity index (χ1n) is 6.62. The number of rotatable bonds is 4. The molecule has 1 fully saturated rings. The number of phenols is 1. The van der Waals surface area contributed by atoms with Crippen molar-refractivity contribution in [1.29, 1.82) is 0 Å². The Balaban J connectivity index is 2.35. The van der Waals surface area contributed by atoms with Gasteiger partial charge in [-0.05, 0) is 37.2 Å². The van der Waals surface area contributed by atoms with Gasteiger partial charge in [0.15, 0.2) is 11.5 Å². The van der Waals surface area contributed by atoms with E-state index in [9.17, 15) is 14.7 Å². The highest BCUT2D eigenvalue weighted by Gasteiger charge is 2.37. The van der Waals surface area contributed by atoms with Crippen LogP contribution in [0.15, 0.2) is 23.1 Å². The molecule has 1 heterocycles. The number of methoxy groups -OCH3 is 1. The smallest absolute Gasteiger partial charge is 0.293 e. The third kappa shape index (κ3) is 2.90. The summed E-state index contributed by atoms with van der Waals surface area (Å²) in [5.74, 6) is -0.0400. The van der Waals surface area contributed by atoms with Crippen LogP contribution in [0, 0.1) is 0 Å². The molecule has 6 heteroatoms. The number of imide groups is 1. The molecule has 1 atom stereocenters. The lowest BCUT2D eigenvalue weighted by Crippen LogP contribution is -2.36. The average molecular weight is 307 g/mol. The molecule has 112 valence electrons. The van der Waals surface area contributed by atoms with E-state index in [-0.39, 0.29) is 22.9 Å². The highest BCUT2D eigenvalue weighted by molar-refractivity contribution is 8.18. The van der Waals surface area contributed by atoms with Crippen molar-refractivity contribution in [1.82, 2.24) is 4.90 Å². The second-order valence-electron chi connectivity index (χ2n) is 4.71. The lowest BCUT2D eigenvalue weighted by Gasteiger charge is -2.19. The highest BCUT2D eigenvalue weighted by Crippen LogP contribution is 2.37. The minimum Gasteiger partial charge on any atom is -0.504 e. The second-order valence-corrected chi connectivity index (χ2v) is 5.70. The molecule has 0 aromatic heterocycles. The minimum atomic E-state index is -0.318. The fourth-order valence-electron chi connectivity index (χ4n) is 2.00. The summed E-state index contributed by atoms with van der Waals surface area (Å²) in [6.45, 7) is 3.76. The van der Waals surface area contributed by atoms with Gasteiger partial charge in [-0.2, -0.15) is 0 Å². The van der Waals surface area contributed by atoms with Crippen LogP contribution in [-0.2, 0) is 4.79 Å². The number of ether oxygens (including phenoxy) is 1. The lowest BCUT2D eigenvalue weighted by atomic mass is 10.1. The Morgan fingerprint density at radius 1 is 1.43 bits per heavy atom. The Hall–Kier alpha value is -1.95. The molecule has 1 aliphatic heterocycles. The van der Waals surface area contributed by atoms with Gasteiger partial charge in [0.05, 0.1) is 12.0 Å². The van der Waals surface area contributed by atoms with Crippen molar-refractivity contribution >= 4 is 29.0 Å². The van der Waals surface area contributed by atoms with E-state index in [1.807, 2.05) is 13.8 Å². The number of nitrogens with zero attached hydrogens (tertiary/aromatic N) is 1. The molecule has 21 heavy (non-hydrogen) atoms. The zero-order valence-corrected chi connectivity index (χ0v) is 12.9. The number of hydrogen-bond acceptors (Lipinski definition) is 5. The molecule has 0 aliphatic carbocycles. The molecule has 5 nitrogen and oxygen atoms in total. The predicted molar refractivity (Wildman–Crippen MR) is 82.2 cm³/mol. The minimum absolute atomic E-state index is 0.0460. The van der Waals surface area contributed by atoms with E-state index in [1.54, 1.807) is 18.2 Å². The van der Waals surface area contributed by atoms with Crippen molar-refractivity contribution in [3.05, 3.63) is 28.7 Å². The SMILES string of the molecule is CC[C@@H](C)N1C(=O)S/C(=C\c2cccc(OC)c2O)C1=O. The standard InChI is InChI=1S/C15H17NO4S/c1-4-9(2)16-14(18)12(21-15(16)19)8-10-6-5-7-11(20-3)13(10)17/h5-9,17H,4H2,1-3H3/b12-8-/t9-/m1/s1. The third-order valence-electron chi connectivity index (χ3n) is 3.39. The van der Waals surface area contributed by atoms with Crippen LogP contribution in [-0.4, -0.2) is 34.3 Å². The van der Waals surface area contributed by atoms with Gasteiger partial charge in [0.25, 0.3) is 11.1 Å². The summed E-state index contributed by atoms with van der Waals surface area (Å²) in [6.07, 6.45) is 2.22. The predicted octanol–water partition coefficient (Wildman–Crippen LogP) is 3.24. The number of thioether (sulfide) groups is 1. The Labute approximate surface area is 127 Å². The zero-order chi connectivity index (χ0) is 15.6. The molecule has 2 amide bonds. The summed E-state index contributed by atoms with van der Waals surface area (Å²) in [6, 6.07) is 4.86. The molecule has 0 radical (unpaired) electrons. The van der Waals surface area contributed by atoms with E-state index in [2.05, 4.69) is 0 Å². The van der Waals surface area contributed by atoms with Crippen LogP contribution in [0.4, 0.5) is 4.79 Å². The van der Waals surface area contributed by atoms with Gasteiger partial charge in [-0.3, -0.25) is 14.5 Å². The molecule has 0 saturated carbocycles. The molecule has 1 aliphatic rings. The quantitative estimate of drug-likeness (QED) is 0.865. The van der Waals surface area contributed by atoms with E-state index in [0.717, 1.165) is 11.8 Å². The normalized spacial score (nSPS) is 18.4. The molecule has 0 unspecified atom stereocenters. The van der Waals surface area contributed by atoms with E-state index < -0.39 is 0 Å². The maximum Gasteiger partial charge on any atom is 0.293 e. The van der Waals surface area contributed by atoms with E-state index in [1.165, 1.54) is 18.1 Å². The summed E-state index contributed by atoms with van der Waals surface area (Å²) in [4.78, 5) is 25.8. The fraction of sp³-hybridized carbons (Fsp3) is 0.333. The monoisotopic (exact) mass is 307 g/mol. The number of carbonyl (C=O) groups excluding carboxylic acids is 2. The van der Waals surface area contributed by atoms with Gasteiger partial charge >= 0.3 is 0 Å². The van der Waals surface area contributed by atoms with Crippen LogP contribution < -0.4 is 4.74 Å².